The Hall–Kier alpha value is -3.81. The van der Waals surface area contributed by atoms with Gasteiger partial charge in [0.05, 0.1) is 24.9 Å². The first-order valence-electron chi connectivity index (χ1n) is 13.6. The standard InChI is InChI=1S/C30H38BN3O6/c1-5-34(6-2)28(35)25(19-32)30(3,4)18-22-11-9-10-21(16-22)14-15-39-29(36)33-27(31(37)38)17-23-20-40-26-13-8-7-12-24(23)26/h7-13,16,20,25,27,37-38H,5-6,14-15,17-18H2,1-4H3,(H,33,36)/t25?,27-/m0/s1. The lowest BCUT2D eigenvalue weighted by atomic mass is 9.74. The molecule has 40 heavy (non-hydrogen) atoms. The van der Waals surface area contributed by atoms with E-state index < -0.39 is 30.5 Å². The highest BCUT2D eigenvalue weighted by Gasteiger charge is 2.37. The number of fused-ring (bicyclic) bond motifs is 1. The number of para-hydroxylation sites is 1. The molecular formula is C30H38BN3O6. The topological polar surface area (TPSA) is 136 Å². The van der Waals surface area contributed by atoms with E-state index >= 15 is 0 Å². The highest BCUT2D eigenvalue weighted by Crippen LogP contribution is 2.32. The van der Waals surface area contributed by atoms with E-state index in [-0.39, 0.29) is 18.9 Å². The fourth-order valence-electron chi connectivity index (χ4n) is 4.92. The van der Waals surface area contributed by atoms with Crippen molar-refractivity contribution in [3.8, 4) is 6.07 Å². The minimum absolute atomic E-state index is 0.0861. The van der Waals surface area contributed by atoms with Crippen molar-refractivity contribution in [3.63, 3.8) is 0 Å². The summed E-state index contributed by atoms with van der Waals surface area (Å²) in [5.41, 5.74) is 2.76. The Labute approximate surface area is 235 Å². The predicted octanol–water partition coefficient (Wildman–Crippen LogP) is 3.90. The smallest absolute Gasteiger partial charge is 0.464 e. The number of furan rings is 1. The van der Waals surface area contributed by atoms with Gasteiger partial charge < -0.3 is 29.4 Å². The van der Waals surface area contributed by atoms with Crippen molar-refractivity contribution < 1.29 is 28.8 Å². The summed E-state index contributed by atoms with van der Waals surface area (Å²) in [5, 5.41) is 32.8. The quantitative estimate of drug-likeness (QED) is 0.276. The first-order valence-corrected chi connectivity index (χ1v) is 13.6. The van der Waals surface area contributed by atoms with E-state index in [1.807, 2.05) is 76.2 Å². The van der Waals surface area contributed by atoms with Crippen LogP contribution in [0.3, 0.4) is 0 Å². The molecule has 0 saturated carbocycles. The number of nitrogens with one attached hydrogen (secondary N) is 1. The van der Waals surface area contributed by atoms with Gasteiger partial charge in [0.1, 0.15) is 11.5 Å². The van der Waals surface area contributed by atoms with Crippen LogP contribution in [0.5, 0.6) is 0 Å². The second kappa shape index (κ2) is 14.0. The molecule has 0 aliphatic heterocycles. The molecule has 0 fully saturated rings. The molecule has 0 spiro atoms. The molecule has 2 amide bonds. The minimum Gasteiger partial charge on any atom is -0.464 e. The van der Waals surface area contributed by atoms with Crippen LogP contribution in [0.25, 0.3) is 11.0 Å². The van der Waals surface area contributed by atoms with E-state index in [9.17, 15) is 24.9 Å². The monoisotopic (exact) mass is 547 g/mol. The van der Waals surface area contributed by atoms with Gasteiger partial charge in [-0.3, -0.25) is 4.79 Å². The molecule has 2 atom stereocenters. The van der Waals surface area contributed by atoms with Crippen LogP contribution in [-0.2, 0) is 28.8 Å². The first kappa shape index (κ1) is 30.7. The molecule has 2 aromatic carbocycles. The third kappa shape index (κ3) is 7.87. The van der Waals surface area contributed by atoms with E-state index in [2.05, 4.69) is 11.4 Å². The molecule has 10 heteroatoms. The maximum atomic E-state index is 12.9. The molecule has 1 unspecified atom stereocenters. The van der Waals surface area contributed by atoms with Gasteiger partial charge in [-0.25, -0.2) is 4.79 Å². The van der Waals surface area contributed by atoms with Crippen molar-refractivity contribution in [1.82, 2.24) is 10.2 Å². The van der Waals surface area contributed by atoms with Gasteiger partial charge in [0.2, 0.25) is 5.91 Å². The lowest BCUT2D eigenvalue weighted by molar-refractivity contribution is -0.136. The van der Waals surface area contributed by atoms with E-state index in [0.717, 1.165) is 22.1 Å². The molecule has 3 rings (SSSR count). The van der Waals surface area contributed by atoms with Crippen LogP contribution in [0.15, 0.2) is 59.2 Å². The second-order valence-electron chi connectivity index (χ2n) is 10.6. The Bertz CT molecular complexity index is 1330. The number of benzene rings is 2. The van der Waals surface area contributed by atoms with E-state index in [4.69, 9.17) is 9.15 Å². The Kier molecular flexibility index (Phi) is 10.8. The summed E-state index contributed by atoms with van der Waals surface area (Å²) in [6.45, 7) is 8.88. The highest BCUT2D eigenvalue weighted by molar-refractivity contribution is 6.43. The SMILES string of the molecule is CCN(CC)C(=O)C(C#N)C(C)(C)Cc1cccc(CCOC(=O)N[C@@H](Cc2coc3ccccc23)B(O)O)c1. The zero-order valence-electron chi connectivity index (χ0n) is 23.6. The lowest BCUT2D eigenvalue weighted by Gasteiger charge is -2.32. The van der Waals surface area contributed by atoms with Gasteiger partial charge in [-0.15, -0.1) is 0 Å². The summed E-state index contributed by atoms with van der Waals surface area (Å²) in [6, 6.07) is 17.4. The largest absolute Gasteiger partial charge is 0.475 e. The molecule has 0 aliphatic rings. The Balaban J connectivity index is 1.55. The van der Waals surface area contributed by atoms with Crippen LogP contribution in [-0.4, -0.2) is 59.7 Å². The number of hydrogen-bond acceptors (Lipinski definition) is 7. The zero-order chi connectivity index (χ0) is 29.3. The van der Waals surface area contributed by atoms with Crippen molar-refractivity contribution in [2.24, 2.45) is 11.3 Å². The number of nitrogens with zero attached hydrogens (tertiary/aromatic N) is 2. The predicted molar refractivity (Wildman–Crippen MR) is 153 cm³/mol. The third-order valence-corrected chi connectivity index (χ3v) is 7.17. The van der Waals surface area contributed by atoms with Gasteiger partial charge in [-0.1, -0.05) is 56.3 Å². The number of carbonyl (C=O) groups is 2. The number of rotatable bonds is 13. The van der Waals surface area contributed by atoms with Crippen molar-refractivity contribution in [1.29, 1.82) is 5.26 Å². The van der Waals surface area contributed by atoms with E-state index in [1.54, 1.807) is 11.2 Å². The van der Waals surface area contributed by atoms with Gasteiger partial charge in [0.25, 0.3) is 0 Å². The molecule has 1 aromatic heterocycles. The number of ether oxygens (including phenoxy) is 1. The second-order valence-corrected chi connectivity index (χ2v) is 10.6. The van der Waals surface area contributed by atoms with E-state index in [1.165, 1.54) is 0 Å². The fourth-order valence-corrected chi connectivity index (χ4v) is 4.92. The Morgan fingerprint density at radius 3 is 2.50 bits per heavy atom. The van der Waals surface area contributed by atoms with Gasteiger partial charge in [-0.2, -0.15) is 5.26 Å². The maximum absolute atomic E-state index is 12.9. The molecule has 0 bridgehead atoms. The minimum atomic E-state index is -1.79. The Morgan fingerprint density at radius 2 is 1.82 bits per heavy atom. The number of carbonyl (C=O) groups excluding carboxylic acids is 2. The summed E-state index contributed by atoms with van der Waals surface area (Å²) < 4.78 is 10.8. The molecule has 0 saturated heterocycles. The van der Waals surface area contributed by atoms with Crippen molar-refractivity contribution >= 4 is 30.1 Å². The molecule has 0 aliphatic carbocycles. The summed E-state index contributed by atoms with van der Waals surface area (Å²) in [4.78, 5) is 27.0. The van der Waals surface area contributed by atoms with Crippen LogP contribution >= 0.6 is 0 Å². The average molecular weight is 547 g/mol. The number of amides is 2. The summed E-state index contributed by atoms with van der Waals surface area (Å²) in [5.74, 6) is -1.90. The third-order valence-electron chi connectivity index (χ3n) is 7.17. The zero-order valence-corrected chi connectivity index (χ0v) is 23.6. The molecule has 3 N–H and O–H groups in total. The van der Waals surface area contributed by atoms with Crippen molar-refractivity contribution in [2.75, 3.05) is 19.7 Å². The van der Waals surface area contributed by atoms with Gasteiger partial charge in [-0.05, 0) is 54.9 Å². The van der Waals surface area contributed by atoms with Crippen LogP contribution < -0.4 is 5.32 Å². The molecule has 212 valence electrons. The number of alkyl carbamates (subject to hydrolysis) is 1. The maximum Gasteiger partial charge on any atom is 0.475 e. The van der Waals surface area contributed by atoms with Crippen LogP contribution in [0, 0.1) is 22.7 Å². The van der Waals surface area contributed by atoms with Crippen LogP contribution in [0.4, 0.5) is 4.79 Å². The summed E-state index contributed by atoms with van der Waals surface area (Å²) in [6.07, 6.45) is 1.92. The molecule has 0 radical (unpaired) electrons. The summed E-state index contributed by atoms with van der Waals surface area (Å²) >= 11 is 0. The van der Waals surface area contributed by atoms with Gasteiger partial charge >= 0.3 is 13.2 Å². The van der Waals surface area contributed by atoms with Gasteiger partial charge in [0, 0.05) is 24.9 Å². The van der Waals surface area contributed by atoms with Crippen molar-refractivity contribution in [2.45, 2.75) is 52.9 Å². The lowest BCUT2D eigenvalue weighted by Crippen LogP contribution is -2.48. The first-order chi connectivity index (χ1) is 19.1. The number of nitriles is 1. The molecular weight excluding hydrogens is 509 g/mol. The molecule has 1 heterocycles. The van der Waals surface area contributed by atoms with Crippen molar-refractivity contribution in [3.05, 3.63) is 71.5 Å². The normalized spacial score (nSPS) is 12.8. The fraction of sp³-hybridized carbons (Fsp3) is 0.433. The molecule has 3 aromatic rings. The summed E-state index contributed by atoms with van der Waals surface area (Å²) in [7, 11) is -1.79. The average Bonchev–Trinajstić information content (AvgIpc) is 3.32. The molecule has 9 nitrogen and oxygen atoms in total. The Morgan fingerprint density at radius 1 is 1.12 bits per heavy atom. The van der Waals surface area contributed by atoms with Crippen LogP contribution in [0.2, 0.25) is 0 Å². The number of hydrogen-bond donors (Lipinski definition) is 3. The van der Waals surface area contributed by atoms with E-state index in [0.29, 0.717) is 31.5 Å². The van der Waals surface area contributed by atoms with Gasteiger partial charge in [0.15, 0.2) is 0 Å². The highest BCUT2D eigenvalue weighted by atomic mass is 16.5. The van der Waals surface area contributed by atoms with Crippen LogP contribution in [0.1, 0.15) is 44.4 Å².